The molecule has 0 bridgehead atoms. The van der Waals surface area contributed by atoms with Gasteiger partial charge in [-0.25, -0.2) is 19.2 Å². The number of hydrogen-bond acceptors (Lipinski definition) is 18. The van der Waals surface area contributed by atoms with Gasteiger partial charge in [-0.15, -0.1) is 0 Å². The minimum atomic E-state index is -1.66. The van der Waals surface area contributed by atoms with Crippen LogP contribution in [0.4, 0.5) is 0 Å². The van der Waals surface area contributed by atoms with E-state index in [4.69, 9.17) is 56.8 Å². The van der Waals surface area contributed by atoms with Crippen LogP contribution in [0.15, 0.2) is 152 Å². The fourth-order valence-electron chi connectivity index (χ4n) is 8.15. The van der Waals surface area contributed by atoms with Crippen LogP contribution in [0.25, 0.3) is 0 Å². The van der Waals surface area contributed by atoms with Gasteiger partial charge in [-0.2, -0.15) is 0 Å². The third-order valence-corrected chi connectivity index (χ3v) is 11.5. The maximum absolute atomic E-state index is 14.1. The summed E-state index contributed by atoms with van der Waals surface area (Å²) in [5, 5.41) is 0. The number of hydrogen-bond donors (Lipinski definition) is 0. The van der Waals surface area contributed by atoms with E-state index in [9.17, 15) is 28.8 Å². The van der Waals surface area contributed by atoms with E-state index >= 15 is 0 Å². The number of rotatable bonds is 21. The van der Waals surface area contributed by atoms with Crippen molar-refractivity contribution < 1.29 is 85.6 Å². The second-order valence-corrected chi connectivity index (χ2v) is 16.6. The molecule has 2 aliphatic rings. The summed E-state index contributed by atoms with van der Waals surface area (Å²) in [4.78, 5) is 81.3. The lowest BCUT2D eigenvalue weighted by Crippen LogP contribution is -2.65. The van der Waals surface area contributed by atoms with Gasteiger partial charge in [0.25, 0.3) is 0 Å². The predicted molar refractivity (Wildman–Crippen MR) is 255 cm³/mol. The number of methoxy groups -OCH3 is 1. The Hall–Kier alpha value is -7.32. The highest BCUT2D eigenvalue weighted by Gasteiger charge is 2.56. The van der Waals surface area contributed by atoms with Crippen molar-refractivity contribution >= 4 is 35.8 Å². The van der Waals surface area contributed by atoms with Crippen molar-refractivity contribution in [2.45, 2.75) is 94.9 Å². The molecule has 2 heterocycles. The van der Waals surface area contributed by atoms with Gasteiger partial charge in [0, 0.05) is 21.0 Å². The smallest absolute Gasteiger partial charge is 0.339 e. The molecule has 18 nitrogen and oxygen atoms in total. The second-order valence-electron chi connectivity index (χ2n) is 16.6. The summed E-state index contributed by atoms with van der Waals surface area (Å²) in [6, 6.07) is 41.4. The van der Waals surface area contributed by atoms with Crippen LogP contribution in [0.2, 0.25) is 0 Å². The monoisotopic (exact) mass is 1000 g/mol. The van der Waals surface area contributed by atoms with Crippen LogP contribution < -0.4 is 0 Å². The van der Waals surface area contributed by atoms with Crippen LogP contribution in [0.3, 0.4) is 0 Å². The van der Waals surface area contributed by atoms with Crippen LogP contribution in [0.5, 0.6) is 0 Å². The molecule has 0 radical (unpaired) electrons. The molecule has 2 saturated heterocycles. The molecular weight excluding hydrogens is 949 g/mol. The van der Waals surface area contributed by atoms with Crippen molar-refractivity contribution in [2.24, 2.45) is 0 Å². The van der Waals surface area contributed by atoms with E-state index in [1.54, 1.807) is 91.9 Å². The molecule has 18 heteroatoms. The van der Waals surface area contributed by atoms with E-state index in [0.29, 0.717) is 5.56 Å². The molecule has 0 aromatic heterocycles. The van der Waals surface area contributed by atoms with Gasteiger partial charge in [0.15, 0.2) is 43.1 Å². The average Bonchev–Trinajstić information content (AvgIpc) is 3.41. The molecule has 73 heavy (non-hydrogen) atoms. The Bertz CT molecular complexity index is 2570. The summed E-state index contributed by atoms with van der Waals surface area (Å²) in [5.74, 6) is -4.85. The Kier molecular flexibility index (Phi) is 19.3. The Morgan fingerprint density at radius 3 is 1.45 bits per heavy atom. The lowest BCUT2D eigenvalue weighted by Gasteiger charge is -2.47. The number of ether oxygens (including phenoxy) is 12. The van der Waals surface area contributed by atoms with Gasteiger partial charge in [-0.05, 0) is 54.4 Å². The summed E-state index contributed by atoms with van der Waals surface area (Å²) < 4.78 is 73.9. The molecular formula is C55H56O18. The van der Waals surface area contributed by atoms with E-state index in [2.05, 4.69) is 0 Å². The average molecular weight is 1010 g/mol. The van der Waals surface area contributed by atoms with E-state index in [1.165, 1.54) is 57.4 Å². The first-order valence-electron chi connectivity index (χ1n) is 23.5. The van der Waals surface area contributed by atoms with Gasteiger partial charge in [0.1, 0.15) is 31.0 Å². The summed E-state index contributed by atoms with van der Waals surface area (Å²) >= 11 is 0. The number of carbonyl (C=O) groups is 6. The summed E-state index contributed by atoms with van der Waals surface area (Å²) in [7, 11) is 1.27. The molecule has 5 aromatic rings. The van der Waals surface area contributed by atoms with Crippen LogP contribution in [0.1, 0.15) is 69.1 Å². The highest BCUT2D eigenvalue weighted by Crippen LogP contribution is 2.36. The normalized spacial score (nSPS) is 23.9. The van der Waals surface area contributed by atoms with Gasteiger partial charge in [0.2, 0.25) is 0 Å². The van der Waals surface area contributed by atoms with Crippen LogP contribution in [0, 0.1) is 0 Å². The molecule has 0 aliphatic carbocycles. The zero-order valence-electron chi connectivity index (χ0n) is 40.5. The van der Waals surface area contributed by atoms with E-state index in [1.807, 2.05) is 30.3 Å². The van der Waals surface area contributed by atoms with Crippen molar-refractivity contribution in [3.05, 3.63) is 179 Å². The number of carbonyl (C=O) groups excluding carboxylic acids is 6. The molecule has 2 fully saturated rings. The maximum Gasteiger partial charge on any atom is 0.339 e. The molecule has 0 unspecified atom stereocenters. The highest BCUT2D eigenvalue weighted by molar-refractivity contribution is 5.91. The molecule has 5 aromatic carbocycles. The van der Waals surface area contributed by atoms with Crippen LogP contribution >= 0.6 is 0 Å². The van der Waals surface area contributed by atoms with E-state index in [0.717, 1.165) is 5.56 Å². The molecule has 0 saturated carbocycles. The molecule has 2 aliphatic heterocycles. The number of benzene rings is 5. The first-order chi connectivity index (χ1) is 35.4. The predicted octanol–water partition coefficient (Wildman–Crippen LogP) is 6.55. The number of esters is 6. The summed E-state index contributed by atoms with van der Waals surface area (Å²) in [6.07, 6.45) is -16.4. The largest absolute Gasteiger partial charge is 0.464 e. The Labute approximate surface area is 421 Å². The Balaban J connectivity index is 1.31. The van der Waals surface area contributed by atoms with Crippen LogP contribution in [-0.2, 0) is 77.8 Å². The highest BCUT2D eigenvalue weighted by atomic mass is 16.8. The van der Waals surface area contributed by atoms with Gasteiger partial charge in [-0.3, -0.25) is 9.59 Å². The third kappa shape index (κ3) is 14.4. The molecule has 0 amide bonds. The first-order valence-corrected chi connectivity index (χ1v) is 23.5. The minimum Gasteiger partial charge on any atom is -0.464 e. The first kappa shape index (κ1) is 53.5. The quantitative estimate of drug-likeness (QED) is 0.0563. The fraction of sp³-hybridized carbons (Fsp3) is 0.345. The van der Waals surface area contributed by atoms with Gasteiger partial charge in [0.05, 0.1) is 36.5 Å². The van der Waals surface area contributed by atoms with Crippen LogP contribution in [-0.4, -0.2) is 124 Å². The van der Waals surface area contributed by atoms with Crippen molar-refractivity contribution in [2.75, 3.05) is 26.9 Å². The zero-order chi connectivity index (χ0) is 51.7. The van der Waals surface area contributed by atoms with Crippen molar-refractivity contribution in [3.8, 4) is 0 Å². The topological polar surface area (TPSA) is 213 Å². The molecule has 11 atom stereocenters. The van der Waals surface area contributed by atoms with Crippen molar-refractivity contribution in [1.29, 1.82) is 0 Å². The van der Waals surface area contributed by atoms with E-state index < -0.39 is 117 Å². The molecule has 0 N–H and O–H groups in total. The molecule has 0 spiro atoms. The lowest BCUT2D eigenvalue weighted by molar-refractivity contribution is -0.340. The van der Waals surface area contributed by atoms with E-state index in [-0.39, 0.29) is 29.9 Å². The van der Waals surface area contributed by atoms with Gasteiger partial charge in [-0.1, -0.05) is 115 Å². The maximum atomic E-state index is 14.1. The summed E-state index contributed by atoms with van der Waals surface area (Å²) in [6.45, 7) is 2.88. The second kappa shape index (κ2) is 26.4. The Morgan fingerprint density at radius 2 is 0.945 bits per heavy atom. The zero-order valence-corrected chi connectivity index (χ0v) is 40.5. The summed E-state index contributed by atoms with van der Waals surface area (Å²) in [5.41, 5.74) is 1.45. The fourth-order valence-corrected chi connectivity index (χ4v) is 8.15. The minimum absolute atomic E-state index is 0.0201. The van der Waals surface area contributed by atoms with Crippen molar-refractivity contribution in [3.63, 3.8) is 0 Å². The third-order valence-electron chi connectivity index (χ3n) is 11.5. The van der Waals surface area contributed by atoms with Gasteiger partial charge >= 0.3 is 35.8 Å². The Morgan fingerprint density at radius 1 is 0.479 bits per heavy atom. The lowest BCUT2D eigenvalue weighted by atomic mass is 9.96. The SMILES string of the molecule is CCOC(=O)[C@H](O[C@H]1[C@H](OC[C@H]2O[C@H](OC)[C@H](OC(=O)c3ccccc3)[C@@H](OC(=O)c3ccccc3)[C@@H]2OC(=O)c2ccccc2)O[C@H](COC(C)=O)[C@@H](OCc2ccccc2)[C@@H]1OC(C)=O)c1ccccc1. The van der Waals surface area contributed by atoms with Crippen molar-refractivity contribution in [1.82, 2.24) is 0 Å². The van der Waals surface area contributed by atoms with Gasteiger partial charge < -0.3 is 56.8 Å². The standard InChI is InChI=1S/C55H56O18/c1-5-63-53(61)43(37-23-13-7-14-24-37)70-49-46(67-35(3)57)44(65-31-36-21-11-6-12-22-36)41(32-64-34(2)56)69-55(49)66-33-42-45(71-50(58)38-25-15-8-16-26-38)47(72-51(59)39-27-17-9-18-28-39)48(54(62-4)68-42)73-52(60)40-29-19-10-20-30-40/h6-30,41-49,54-55H,5,31-33H2,1-4H3/t41-,42-,43-,44-,45-,46+,47+,48-,49-,54+,55-/m1/s1. The molecule has 384 valence electrons. The molecule has 7 rings (SSSR count).